The number of benzene rings is 2. The standard InChI is InChI=1S/C14H12N3O/c15-14(16)11-6-8-13(9-7-11)17(10-18)12-4-2-1-3-5-12/h1-9H,(H3,15,16). The number of anilines is 2. The normalized spacial score (nSPS) is 9.78. The van der Waals surface area contributed by atoms with E-state index in [1.54, 1.807) is 24.3 Å². The number of amides is 1. The van der Waals surface area contributed by atoms with Crippen LogP contribution in [0.4, 0.5) is 11.4 Å². The number of carbonyl (C=O) groups excluding carboxylic acids is 1. The molecule has 18 heavy (non-hydrogen) atoms. The van der Waals surface area contributed by atoms with Crippen molar-refractivity contribution in [3.63, 3.8) is 0 Å². The van der Waals surface area contributed by atoms with Gasteiger partial charge in [-0.05, 0) is 36.4 Å². The number of nitrogens with zero attached hydrogens (tertiary/aromatic N) is 1. The average Bonchev–Trinajstić information content (AvgIpc) is 2.41. The van der Waals surface area contributed by atoms with Gasteiger partial charge in [-0.3, -0.25) is 15.1 Å². The molecule has 3 N–H and O–H groups in total. The van der Waals surface area contributed by atoms with Gasteiger partial charge >= 0.3 is 6.41 Å². The fourth-order valence-electron chi connectivity index (χ4n) is 1.62. The molecular formula is C14H12N3O. The van der Waals surface area contributed by atoms with E-state index < -0.39 is 0 Å². The smallest absolute Gasteiger partial charge is 0.321 e. The highest BCUT2D eigenvalue weighted by Gasteiger charge is 2.08. The fourth-order valence-corrected chi connectivity index (χ4v) is 1.62. The van der Waals surface area contributed by atoms with Crippen molar-refractivity contribution in [3.05, 3.63) is 60.2 Å². The summed E-state index contributed by atoms with van der Waals surface area (Å²) in [5.74, 6) is 0.00268. The van der Waals surface area contributed by atoms with Gasteiger partial charge in [0.05, 0.1) is 0 Å². The van der Waals surface area contributed by atoms with Crippen LogP contribution in [0.15, 0.2) is 54.6 Å². The molecule has 1 radical (unpaired) electrons. The molecule has 0 spiro atoms. The van der Waals surface area contributed by atoms with E-state index in [1.807, 2.05) is 36.7 Å². The molecule has 0 aromatic heterocycles. The molecule has 0 saturated heterocycles. The molecular weight excluding hydrogens is 226 g/mol. The Balaban J connectivity index is 2.34. The molecule has 4 nitrogen and oxygen atoms in total. The Morgan fingerprint density at radius 3 is 2.06 bits per heavy atom. The van der Waals surface area contributed by atoms with Gasteiger partial charge in [0.1, 0.15) is 5.84 Å². The lowest BCUT2D eigenvalue weighted by molar-refractivity contribution is 0.556. The number of nitrogens with two attached hydrogens (primary N) is 1. The molecule has 0 atom stereocenters. The number of rotatable bonds is 4. The van der Waals surface area contributed by atoms with Crippen LogP contribution in [0.2, 0.25) is 0 Å². The van der Waals surface area contributed by atoms with Crippen LogP contribution in [0.5, 0.6) is 0 Å². The predicted octanol–water partition coefficient (Wildman–Crippen LogP) is 2.18. The van der Waals surface area contributed by atoms with Crippen LogP contribution in [-0.4, -0.2) is 12.2 Å². The van der Waals surface area contributed by atoms with Gasteiger partial charge in [0.2, 0.25) is 0 Å². The first-order valence-corrected chi connectivity index (χ1v) is 5.40. The quantitative estimate of drug-likeness (QED) is 0.487. The highest BCUT2D eigenvalue weighted by molar-refractivity contribution is 5.96. The van der Waals surface area contributed by atoms with E-state index in [2.05, 4.69) is 0 Å². The molecule has 2 aromatic carbocycles. The molecule has 2 rings (SSSR count). The van der Waals surface area contributed by atoms with E-state index in [0.29, 0.717) is 11.3 Å². The van der Waals surface area contributed by atoms with Crippen molar-refractivity contribution in [3.8, 4) is 0 Å². The van der Waals surface area contributed by atoms with Crippen LogP contribution in [0.1, 0.15) is 5.56 Å². The Morgan fingerprint density at radius 2 is 1.56 bits per heavy atom. The van der Waals surface area contributed by atoms with Crippen LogP contribution in [0.3, 0.4) is 0 Å². The van der Waals surface area contributed by atoms with E-state index in [4.69, 9.17) is 11.1 Å². The summed E-state index contributed by atoms with van der Waals surface area (Å²) in [5, 5.41) is 7.31. The Kier molecular flexibility index (Phi) is 3.38. The lowest BCUT2D eigenvalue weighted by Crippen LogP contribution is -2.15. The zero-order valence-corrected chi connectivity index (χ0v) is 9.63. The minimum Gasteiger partial charge on any atom is -0.384 e. The third kappa shape index (κ3) is 2.38. The van der Waals surface area contributed by atoms with Gasteiger partial charge in [-0.1, -0.05) is 18.2 Å². The van der Waals surface area contributed by atoms with E-state index in [9.17, 15) is 4.79 Å². The van der Waals surface area contributed by atoms with Crippen molar-refractivity contribution in [2.24, 2.45) is 5.73 Å². The number of amidine groups is 1. The third-order valence-electron chi connectivity index (χ3n) is 2.54. The number of hydrogen-bond acceptors (Lipinski definition) is 2. The molecule has 0 unspecified atom stereocenters. The second kappa shape index (κ2) is 5.14. The van der Waals surface area contributed by atoms with Gasteiger partial charge in [-0.25, -0.2) is 0 Å². The van der Waals surface area contributed by atoms with Crippen LogP contribution in [0.25, 0.3) is 0 Å². The fraction of sp³-hybridized carbons (Fsp3) is 0. The first-order chi connectivity index (χ1) is 8.72. The summed E-state index contributed by atoms with van der Waals surface area (Å²) in [6.07, 6.45) is 1.88. The molecule has 0 aliphatic rings. The summed E-state index contributed by atoms with van der Waals surface area (Å²) in [5.41, 5.74) is 7.42. The largest absolute Gasteiger partial charge is 0.384 e. The van der Waals surface area contributed by atoms with Gasteiger partial charge < -0.3 is 5.73 Å². The van der Waals surface area contributed by atoms with Crippen molar-refractivity contribution in [1.82, 2.24) is 0 Å². The highest BCUT2D eigenvalue weighted by Crippen LogP contribution is 2.23. The second-order valence-electron chi connectivity index (χ2n) is 3.72. The van der Waals surface area contributed by atoms with Gasteiger partial charge in [0.15, 0.2) is 0 Å². The lowest BCUT2D eigenvalue weighted by atomic mass is 10.1. The highest BCUT2D eigenvalue weighted by atomic mass is 16.1. The van der Waals surface area contributed by atoms with Crippen LogP contribution in [-0.2, 0) is 4.79 Å². The maximum Gasteiger partial charge on any atom is 0.321 e. The predicted molar refractivity (Wildman–Crippen MR) is 71.7 cm³/mol. The van der Waals surface area contributed by atoms with Crippen molar-refractivity contribution < 1.29 is 4.79 Å². The van der Waals surface area contributed by atoms with E-state index in [-0.39, 0.29) is 5.84 Å². The van der Waals surface area contributed by atoms with Crippen LogP contribution in [0, 0.1) is 5.41 Å². The first kappa shape index (κ1) is 11.9. The van der Waals surface area contributed by atoms with Gasteiger partial charge in [0, 0.05) is 16.9 Å². The van der Waals surface area contributed by atoms with Crippen LogP contribution < -0.4 is 10.6 Å². The second-order valence-corrected chi connectivity index (χ2v) is 3.72. The summed E-state index contributed by atoms with van der Waals surface area (Å²) >= 11 is 0. The minimum absolute atomic E-state index is 0.00268. The molecule has 89 valence electrons. The topological polar surface area (TPSA) is 70.2 Å². The molecule has 0 bridgehead atoms. The van der Waals surface area contributed by atoms with Crippen molar-refractivity contribution in [2.45, 2.75) is 0 Å². The first-order valence-electron chi connectivity index (χ1n) is 5.40. The SMILES string of the molecule is N=C(N)c1ccc(N([C]=O)c2ccccc2)cc1. The Hall–Kier alpha value is -2.62. The van der Waals surface area contributed by atoms with E-state index in [0.717, 1.165) is 5.69 Å². The molecule has 0 saturated carbocycles. The molecule has 0 aliphatic heterocycles. The monoisotopic (exact) mass is 238 g/mol. The number of nitrogens with one attached hydrogen (secondary N) is 1. The summed E-state index contributed by atoms with van der Waals surface area (Å²) < 4.78 is 0. The number of hydrogen-bond donors (Lipinski definition) is 2. The van der Waals surface area contributed by atoms with E-state index >= 15 is 0 Å². The zero-order valence-electron chi connectivity index (χ0n) is 9.63. The van der Waals surface area contributed by atoms with E-state index in [1.165, 1.54) is 4.90 Å². The third-order valence-corrected chi connectivity index (χ3v) is 2.54. The summed E-state index contributed by atoms with van der Waals surface area (Å²) in [4.78, 5) is 12.5. The van der Waals surface area contributed by atoms with Gasteiger partial charge in [-0.15, -0.1) is 0 Å². The molecule has 2 aromatic rings. The average molecular weight is 238 g/mol. The maximum atomic E-state index is 11.1. The maximum absolute atomic E-state index is 11.1. The molecule has 4 heteroatoms. The van der Waals surface area contributed by atoms with Crippen molar-refractivity contribution in [2.75, 3.05) is 4.90 Å². The van der Waals surface area contributed by atoms with Gasteiger partial charge in [0.25, 0.3) is 0 Å². The Labute approximate surface area is 105 Å². The summed E-state index contributed by atoms with van der Waals surface area (Å²) in [6, 6.07) is 16.1. The summed E-state index contributed by atoms with van der Waals surface area (Å²) in [7, 11) is 0. The summed E-state index contributed by atoms with van der Waals surface area (Å²) in [6.45, 7) is 0. The Morgan fingerprint density at radius 1 is 1.00 bits per heavy atom. The van der Waals surface area contributed by atoms with Crippen molar-refractivity contribution in [1.29, 1.82) is 5.41 Å². The zero-order chi connectivity index (χ0) is 13.0. The Bertz CT molecular complexity index is 549. The number of nitrogen functional groups attached to an aromatic ring is 1. The minimum atomic E-state index is 0.00268. The molecule has 0 heterocycles. The molecule has 0 aliphatic carbocycles. The van der Waals surface area contributed by atoms with Crippen molar-refractivity contribution >= 4 is 23.6 Å². The lowest BCUT2D eigenvalue weighted by Gasteiger charge is -2.16. The molecule has 1 amide bonds. The molecule has 0 fully saturated rings. The number of para-hydroxylation sites is 1. The van der Waals surface area contributed by atoms with Gasteiger partial charge in [-0.2, -0.15) is 0 Å². The van der Waals surface area contributed by atoms with Crippen LogP contribution >= 0.6 is 0 Å².